The second-order valence-electron chi connectivity index (χ2n) is 2.16. The lowest BCUT2D eigenvalue weighted by Crippen LogP contribution is -2.04. The summed E-state index contributed by atoms with van der Waals surface area (Å²) < 4.78 is 1.07. The summed E-state index contributed by atoms with van der Waals surface area (Å²) in [5, 5.41) is 0. The molecular formula is C8H9BrN+. The van der Waals surface area contributed by atoms with Gasteiger partial charge in [-0.2, -0.15) is 0 Å². The van der Waals surface area contributed by atoms with Gasteiger partial charge in [0.1, 0.15) is 0 Å². The zero-order valence-corrected chi connectivity index (χ0v) is 7.14. The molecule has 1 nitrogen and oxygen atoms in total. The summed E-state index contributed by atoms with van der Waals surface area (Å²) in [6, 6.07) is 7.72. The average Bonchev–Trinajstić information content (AvgIpc) is 1.88. The third-order valence-electron chi connectivity index (χ3n) is 1.30. The van der Waals surface area contributed by atoms with Gasteiger partial charge in [-0.3, -0.25) is 5.73 Å². The Balaban J connectivity index is 2.89. The molecule has 0 bridgehead atoms. The standard InChI is InChI=1S/C8H9BrN/c1-6(10)7-2-4-8(9)5-3-7/h2-6H,1,10H2/q+1/t6-/m1/s1. The molecule has 1 rings (SSSR count). The summed E-state index contributed by atoms with van der Waals surface area (Å²) in [5.74, 6) is 0. The lowest BCUT2D eigenvalue weighted by atomic mass is 10.1. The van der Waals surface area contributed by atoms with E-state index in [-0.39, 0.29) is 6.04 Å². The van der Waals surface area contributed by atoms with Crippen LogP contribution in [0.3, 0.4) is 0 Å². The third-order valence-corrected chi connectivity index (χ3v) is 1.83. The number of rotatable bonds is 1. The molecule has 1 atom stereocenters. The normalized spacial score (nSPS) is 13.0. The topological polar surface area (TPSA) is 26.0 Å². The van der Waals surface area contributed by atoms with Crippen LogP contribution in [0.4, 0.5) is 0 Å². The fraction of sp³-hybridized carbons (Fsp3) is 0.125. The Labute approximate surface area is 69.4 Å². The van der Waals surface area contributed by atoms with Crippen LogP contribution in [0.1, 0.15) is 11.6 Å². The molecule has 2 N–H and O–H groups in total. The second-order valence-corrected chi connectivity index (χ2v) is 3.07. The van der Waals surface area contributed by atoms with E-state index in [4.69, 9.17) is 5.73 Å². The molecule has 0 heterocycles. The molecule has 0 amide bonds. The lowest BCUT2D eigenvalue weighted by Gasteiger charge is -1.97. The SMILES string of the molecule is [CH2+][C@@H](N)c1ccc(Br)cc1. The highest BCUT2D eigenvalue weighted by molar-refractivity contribution is 9.10. The molecule has 0 saturated carbocycles. The Morgan fingerprint density at radius 3 is 2.20 bits per heavy atom. The molecule has 0 aliphatic heterocycles. The fourth-order valence-corrected chi connectivity index (χ4v) is 0.974. The van der Waals surface area contributed by atoms with Crippen molar-refractivity contribution in [3.05, 3.63) is 41.2 Å². The van der Waals surface area contributed by atoms with Crippen molar-refractivity contribution < 1.29 is 0 Å². The summed E-state index contributed by atoms with van der Waals surface area (Å²) in [6.07, 6.45) is 0. The van der Waals surface area contributed by atoms with Gasteiger partial charge in [0.05, 0.1) is 6.92 Å². The van der Waals surface area contributed by atoms with E-state index in [1.807, 2.05) is 24.3 Å². The minimum Gasteiger partial charge on any atom is -0.287 e. The molecule has 1 aromatic rings. The Morgan fingerprint density at radius 2 is 1.80 bits per heavy atom. The van der Waals surface area contributed by atoms with E-state index in [1.165, 1.54) is 0 Å². The van der Waals surface area contributed by atoms with Gasteiger partial charge >= 0.3 is 0 Å². The van der Waals surface area contributed by atoms with E-state index in [1.54, 1.807) is 0 Å². The highest BCUT2D eigenvalue weighted by Gasteiger charge is 2.02. The van der Waals surface area contributed by atoms with Crippen molar-refractivity contribution in [2.75, 3.05) is 0 Å². The molecular weight excluding hydrogens is 190 g/mol. The van der Waals surface area contributed by atoms with Gasteiger partial charge < -0.3 is 0 Å². The van der Waals surface area contributed by atoms with E-state index in [2.05, 4.69) is 22.9 Å². The Morgan fingerprint density at radius 1 is 1.30 bits per heavy atom. The van der Waals surface area contributed by atoms with Crippen LogP contribution in [-0.4, -0.2) is 0 Å². The maximum absolute atomic E-state index is 5.54. The number of hydrogen-bond donors (Lipinski definition) is 1. The van der Waals surface area contributed by atoms with Crippen molar-refractivity contribution in [2.45, 2.75) is 6.04 Å². The maximum atomic E-state index is 5.54. The molecule has 0 fully saturated rings. The van der Waals surface area contributed by atoms with Gasteiger partial charge in [-0.1, -0.05) is 28.1 Å². The van der Waals surface area contributed by atoms with E-state index < -0.39 is 0 Å². The summed E-state index contributed by atoms with van der Waals surface area (Å²) in [6.45, 7) is 3.70. The van der Waals surface area contributed by atoms with Crippen LogP contribution in [0.2, 0.25) is 0 Å². The van der Waals surface area contributed by atoms with Crippen LogP contribution in [0.15, 0.2) is 28.7 Å². The van der Waals surface area contributed by atoms with E-state index in [0.29, 0.717) is 0 Å². The highest BCUT2D eigenvalue weighted by atomic mass is 79.9. The molecule has 10 heavy (non-hydrogen) atoms. The number of benzene rings is 1. The molecule has 0 aromatic heterocycles. The summed E-state index contributed by atoms with van der Waals surface area (Å²) in [7, 11) is 0. The van der Waals surface area contributed by atoms with Crippen molar-refractivity contribution >= 4 is 15.9 Å². The van der Waals surface area contributed by atoms with E-state index in [9.17, 15) is 0 Å². The highest BCUT2D eigenvalue weighted by Crippen LogP contribution is 2.13. The van der Waals surface area contributed by atoms with Crippen molar-refractivity contribution in [3.8, 4) is 0 Å². The minimum absolute atomic E-state index is 0.118. The first-order chi connectivity index (χ1) is 4.70. The smallest absolute Gasteiger partial charge is 0.169 e. The molecule has 1 aromatic carbocycles. The zero-order valence-electron chi connectivity index (χ0n) is 5.55. The van der Waals surface area contributed by atoms with Gasteiger partial charge in [0.15, 0.2) is 6.04 Å². The minimum atomic E-state index is -0.118. The number of hydrogen-bond acceptors (Lipinski definition) is 1. The fourth-order valence-electron chi connectivity index (χ4n) is 0.710. The second kappa shape index (κ2) is 3.08. The molecule has 0 spiro atoms. The predicted octanol–water partition coefficient (Wildman–Crippen LogP) is 2.28. The molecule has 0 radical (unpaired) electrons. The molecule has 52 valence electrons. The Kier molecular flexibility index (Phi) is 2.35. The Hall–Kier alpha value is -0.470. The summed E-state index contributed by atoms with van der Waals surface area (Å²) in [5.41, 5.74) is 6.60. The third kappa shape index (κ3) is 1.75. The Bertz CT molecular complexity index is 203. The largest absolute Gasteiger partial charge is 0.287 e. The molecule has 0 aliphatic rings. The van der Waals surface area contributed by atoms with Crippen LogP contribution >= 0.6 is 15.9 Å². The van der Waals surface area contributed by atoms with Crippen molar-refractivity contribution in [3.63, 3.8) is 0 Å². The predicted molar refractivity (Wildman–Crippen MR) is 46.4 cm³/mol. The monoisotopic (exact) mass is 198 g/mol. The first-order valence-electron chi connectivity index (χ1n) is 3.04. The molecule has 0 saturated heterocycles. The van der Waals surface area contributed by atoms with Crippen LogP contribution < -0.4 is 5.73 Å². The molecule has 0 unspecified atom stereocenters. The van der Waals surface area contributed by atoms with Crippen LogP contribution in [-0.2, 0) is 0 Å². The number of halogens is 1. The summed E-state index contributed by atoms with van der Waals surface area (Å²) in [4.78, 5) is 0. The van der Waals surface area contributed by atoms with Gasteiger partial charge in [-0.15, -0.1) is 0 Å². The first kappa shape index (κ1) is 7.63. The average molecular weight is 199 g/mol. The maximum Gasteiger partial charge on any atom is 0.169 e. The molecule has 2 heteroatoms. The van der Waals surface area contributed by atoms with Crippen LogP contribution in [0.25, 0.3) is 0 Å². The van der Waals surface area contributed by atoms with Gasteiger partial charge in [-0.25, -0.2) is 0 Å². The van der Waals surface area contributed by atoms with Gasteiger partial charge in [-0.05, 0) is 12.1 Å². The van der Waals surface area contributed by atoms with Crippen LogP contribution in [0.5, 0.6) is 0 Å². The van der Waals surface area contributed by atoms with Gasteiger partial charge in [0, 0.05) is 10.0 Å². The first-order valence-corrected chi connectivity index (χ1v) is 3.83. The van der Waals surface area contributed by atoms with Gasteiger partial charge in [0.2, 0.25) is 0 Å². The van der Waals surface area contributed by atoms with Crippen molar-refractivity contribution in [1.29, 1.82) is 0 Å². The van der Waals surface area contributed by atoms with Crippen LogP contribution in [0, 0.1) is 6.92 Å². The number of nitrogens with two attached hydrogens (primary N) is 1. The van der Waals surface area contributed by atoms with E-state index >= 15 is 0 Å². The lowest BCUT2D eigenvalue weighted by molar-refractivity contribution is 0.907. The molecule has 0 aliphatic carbocycles. The quantitative estimate of drug-likeness (QED) is 0.690. The van der Waals surface area contributed by atoms with E-state index in [0.717, 1.165) is 10.0 Å². The summed E-state index contributed by atoms with van der Waals surface area (Å²) >= 11 is 3.33. The van der Waals surface area contributed by atoms with Crippen molar-refractivity contribution in [1.82, 2.24) is 0 Å². The van der Waals surface area contributed by atoms with Gasteiger partial charge in [0.25, 0.3) is 0 Å². The van der Waals surface area contributed by atoms with Crippen molar-refractivity contribution in [2.24, 2.45) is 5.73 Å². The zero-order chi connectivity index (χ0) is 7.56.